The van der Waals surface area contributed by atoms with Gasteiger partial charge in [-0.2, -0.15) is 0 Å². The zero-order valence-corrected chi connectivity index (χ0v) is 18.2. The van der Waals surface area contributed by atoms with Crippen LogP contribution in [0.1, 0.15) is 40.5 Å². The Bertz CT molecular complexity index is 1240. The number of rotatable bonds is 5. The number of carbonyl (C=O) groups excluding carboxylic acids is 1. The predicted octanol–water partition coefficient (Wildman–Crippen LogP) is 5.02. The number of amides is 1. The monoisotopic (exact) mass is 443 g/mol. The molecule has 1 amide bonds. The fourth-order valence-electron chi connectivity index (χ4n) is 4.24. The highest BCUT2D eigenvalue weighted by Gasteiger charge is 2.32. The maximum atomic E-state index is 13.6. The third-order valence-corrected chi connectivity index (χ3v) is 6.01. The van der Waals surface area contributed by atoms with E-state index < -0.39 is 0 Å². The Morgan fingerprint density at radius 3 is 2.84 bits per heavy atom. The first kappa shape index (κ1) is 20.4. The van der Waals surface area contributed by atoms with Crippen LogP contribution in [0.15, 0.2) is 79.5 Å². The van der Waals surface area contributed by atoms with Crippen molar-refractivity contribution in [2.45, 2.75) is 25.4 Å². The second kappa shape index (κ2) is 8.93. The second-order valence-corrected chi connectivity index (χ2v) is 8.30. The molecule has 2 aromatic carbocycles. The summed E-state index contributed by atoms with van der Waals surface area (Å²) in [5.41, 5.74) is 3.41. The molecule has 1 fully saturated rings. The van der Waals surface area contributed by atoms with Gasteiger partial charge in [-0.25, -0.2) is 15.0 Å². The van der Waals surface area contributed by atoms with Gasteiger partial charge >= 0.3 is 0 Å². The molecule has 1 saturated heterocycles. The number of aromatic nitrogens is 4. The van der Waals surface area contributed by atoms with Gasteiger partial charge in [0.15, 0.2) is 5.82 Å². The largest absolute Gasteiger partial charge is 0.333 e. The minimum absolute atomic E-state index is 0.0335. The van der Waals surface area contributed by atoms with E-state index in [2.05, 4.69) is 9.97 Å². The van der Waals surface area contributed by atoms with Crippen molar-refractivity contribution in [1.29, 1.82) is 0 Å². The van der Waals surface area contributed by atoms with Gasteiger partial charge in [-0.3, -0.25) is 4.79 Å². The lowest BCUT2D eigenvalue weighted by atomic mass is 10.0. The zero-order valence-electron chi connectivity index (χ0n) is 17.4. The summed E-state index contributed by atoms with van der Waals surface area (Å²) in [7, 11) is 0. The molecule has 32 heavy (non-hydrogen) atoms. The highest BCUT2D eigenvalue weighted by Crippen LogP contribution is 2.33. The number of hydrogen-bond acceptors (Lipinski definition) is 4. The Kier molecular flexibility index (Phi) is 5.69. The van der Waals surface area contributed by atoms with Crippen LogP contribution in [0.5, 0.6) is 0 Å². The van der Waals surface area contributed by atoms with Crippen LogP contribution in [0.25, 0.3) is 11.4 Å². The van der Waals surface area contributed by atoms with Crippen LogP contribution in [0, 0.1) is 0 Å². The summed E-state index contributed by atoms with van der Waals surface area (Å²) in [6.45, 7) is 1.31. The molecule has 6 nitrogen and oxygen atoms in total. The van der Waals surface area contributed by atoms with Crippen LogP contribution in [0.3, 0.4) is 0 Å². The number of carbonyl (C=O) groups is 1. The van der Waals surface area contributed by atoms with E-state index in [9.17, 15) is 4.79 Å². The van der Waals surface area contributed by atoms with Gasteiger partial charge in [-0.15, -0.1) is 0 Å². The molecule has 1 aliphatic heterocycles. The van der Waals surface area contributed by atoms with E-state index in [1.54, 1.807) is 18.7 Å². The van der Waals surface area contributed by atoms with Crippen LogP contribution in [-0.4, -0.2) is 36.9 Å². The average Bonchev–Trinajstić information content (AvgIpc) is 3.51. The van der Waals surface area contributed by atoms with Crippen molar-refractivity contribution in [3.8, 4) is 11.4 Å². The molecule has 1 aliphatic rings. The summed E-state index contributed by atoms with van der Waals surface area (Å²) in [5, 5.41) is 0.642. The Balaban J connectivity index is 1.44. The van der Waals surface area contributed by atoms with E-state index in [-0.39, 0.29) is 11.9 Å². The van der Waals surface area contributed by atoms with Crippen molar-refractivity contribution < 1.29 is 4.79 Å². The van der Waals surface area contributed by atoms with Crippen molar-refractivity contribution in [3.63, 3.8) is 0 Å². The summed E-state index contributed by atoms with van der Waals surface area (Å²) in [5.74, 6) is 0.649. The van der Waals surface area contributed by atoms with Crippen molar-refractivity contribution in [2.24, 2.45) is 0 Å². The molecule has 0 saturated carbocycles. The lowest BCUT2D eigenvalue weighted by Gasteiger charge is -2.25. The number of nitrogens with zero attached hydrogens (tertiary/aromatic N) is 5. The third kappa shape index (κ3) is 4.14. The molecule has 0 N–H and O–H groups in total. The van der Waals surface area contributed by atoms with E-state index in [0.29, 0.717) is 23.9 Å². The van der Waals surface area contributed by atoms with Crippen LogP contribution < -0.4 is 0 Å². The van der Waals surface area contributed by atoms with Gasteiger partial charge < -0.3 is 9.47 Å². The van der Waals surface area contributed by atoms with Crippen molar-refractivity contribution in [1.82, 2.24) is 24.4 Å². The smallest absolute Gasteiger partial charge is 0.254 e. The van der Waals surface area contributed by atoms with Gasteiger partial charge in [0, 0.05) is 47.8 Å². The molecule has 3 heterocycles. The molecule has 0 radical (unpaired) electrons. The molecule has 160 valence electrons. The Morgan fingerprint density at radius 2 is 2.00 bits per heavy atom. The number of hydrogen-bond donors (Lipinski definition) is 0. The maximum Gasteiger partial charge on any atom is 0.254 e. The summed E-state index contributed by atoms with van der Waals surface area (Å²) < 4.78 is 1.97. The molecule has 7 heteroatoms. The number of halogens is 1. The molecule has 0 bridgehead atoms. The van der Waals surface area contributed by atoms with Gasteiger partial charge in [0.05, 0.1) is 18.1 Å². The Labute approximate surface area is 191 Å². The van der Waals surface area contributed by atoms with Crippen molar-refractivity contribution in [2.75, 3.05) is 6.54 Å². The minimum Gasteiger partial charge on any atom is -0.333 e. The summed E-state index contributed by atoms with van der Waals surface area (Å²) in [6, 6.07) is 17.1. The molecule has 0 aliphatic carbocycles. The van der Waals surface area contributed by atoms with Crippen LogP contribution in [-0.2, 0) is 6.54 Å². The van der Waals surface area contributed by atoms with Crippen LogP contribution >= 0.6 is 11.6 Å². The number of benzene rings is 2. The third-order valence-electron chi connectivity index (χ3n) is 5.77. The molecule has 0 unspecified atom stereocenters. The van der Waals surface area contributed by atoms with Gasteiger partial charge in [-0.05, 0) is 42.7 Å². The minimum atomic E-state index is -0.0789. The van der Waals surface area contributed by atoms with E-state index in [4.69, 9.17) is 16.6 Å². The van der Waals surface area contributed by atoms with Crippen LogP contribution in [0.2, 0.25) is 5.02 Å². The standard InChI is InChI=1S/C25H22ClN5O/c26-20-7-3-6-18(15-20)24-28-11-10-22(29-24)23-9-4-13-31(23)25(32)21-8-2-1-5-19(21)16-30-14-12-27-17-30/h1-3,5-8,10-12,14-15,17,23H,4,9,13,16H2/t23-/m0/s1. The van der Waals surface area contributed by atoms with E-state index in [0.717, 1.165) is 35.2 Å². The summed E-state index contributed by atoms with van der Waals surface area (Å²) in [4.78, 5) is 28.9. The predicted molar refractivity (Wildman–Crippen MR) is 123 cm³/mol. The summed E-state index contributed by atoms with van der Waals surface area (Å²) in [6.07, 6.45) is 8.98. The molecule has 5 rings (SSSR count). The van der Waals surface area contributed by atoms with E-state index >= 15 is 0 Å². The first-order valence-electron chi connectivity index (χ1n) is 10.6. The Morgan fingerprint density at radius 1 is 1.09 bits per heavy atom. The molecule has 2 aromatic heterocycles. The SMILES string of the molecule is O=C(c1ccccc1Cn1ccnc1)N1CCC[C@H]1c1ccnc(-c2cccc(Cl)c2)n1. The van der Waals surface area contributed by atoms with Crippen molar-refractivity contribution in [3.05, 3.63) is 101 Å². The van der Waals surface area contributed by atoms with Gasteiger partial charge in [0.1, 0.15) is 0 Å². The highest BCUT2D eigenvalue weighted by atomic mass is 35.5. The molecule has 1 atom stereocenters. The van der Waals surface area contributed by atoms with Gasteiger partial charge in [0.2, 0.25) is 0 Å². The summed E-state index contributed by atoms with van der Waals surface area (Å²) >= 11 is 6.15. The fraction of sp³-hybridized carbons (Fsp3) is 0.200. The Hall–Kier alpha value is -3.51. The second-order valence-electron chi connectivity index (χ2n) is 7.86. The first-order valence-corrected chi connectivity index (χ1v) is 11.0. The number of likely N-dealkylation sites (tertiary alicyclic amines) is 1. The highest BCUT2D eigenvalue weighted by molar-refractivity contribution is 6.30. The van der Waals surface area contributed by atoms with Crippen LogP contribution in [0.4, 0.5) is 0 Å². The topological polar surface area (TPSA) is 63.9 Å². The van der Waals surface area contributed by atoms with Gasteiger partial charge in [0.25, 0.3) is 5.91 Å². The molecular weight excluding hydrogens is 422 g/mol. The van der Waals surface area contributed by atoms with Gasteiger partial charge in [-0.1, -0.05) is 41.9 Å². The van der Waals surface area contributed by atoms with E-state index in [1.807, 2.05) is 70.3 Å². The lowest BCUT2D eigenvalue weighted by Crippen LogP contribution is -2.32. The lowest BCUT2D eigenvalue weighted by molar-refractivity contribution is 0.0731. The normalized spacial score (nSPS) is 15.8. The molecule has 0 spiro atoms. The quantitative estimate of drug-likeness (QED) is 0.434. The molecule has 4 aromatic rings. The average molecular weight is 444 g/mol. The molecular formula is C25H22ClN5O. The maximum absolute atomic E-state index is 13.6. The van der Waals surface area contributed by atoms with E-state index in [1.165, 1.54) is 0 Å². The zero-order chi connectivity index (χ0) is 21.9. The first-order chi connectivity index (χ1) is 15.7. The number of imidazole rings is 1. The fourth-order valence-corrected chi connectivity index (χ4v) is 4.43. The van der Waals surface area contributed by atoms with Crippen molar-refractivity contribution >= 4 is 17.5 Å².